The number of carbonyl (C=O) groups is 1. The van der Waals surface area contributed by atoms with Gasteiger partial charge in [0.2, 0.25) is 5.91 Å². The van der Waals surface area contributed by atoms with Gasteiger partial charge in [-0.2, -0.15) is 0 Å². The highest BCUT2D eigenvalue weighted by molar-refractivity contribution is 9.11. The molecule has 0 radical (unpaired) electrons. The fraction of sp³-hybridized carbons (Fsp3) is 0.500. The SMILES string of the molecule is O=C(CCNCc1ncc(Br)cc1Br)NC1CC1. The Morgan fingerprint density at radius 3 is 2.89 bits per heavy atom. The average molecular weight is 377 g/mol. The fourth-order valence-corrected chi connectivity index (χ4v) is 2.64. The zero-order chi connectivity index (χ0) is 13.0. The third-order valence-corrected chi connectivity index (χ3v) is 3.77. The predicted molar refractivity (Wildman–Crippen MR) is 77.1 cm³/mol. The standard InChI is InChI=1S/C12H15Br2N3O/c13-8-5-10(14)11(16-6-8)7-15-4-3-12(18)17-9-1-2-9/h5-6,9,15H,1-4,7H2,(H,17,18). The van der Waals surface area contributed by atoms with Crippen molar-refractivity contribution in [3.05, 3.63) is 26.9 Å². The Morgan fingerprint density at radius 2 is 2.22 bits per heavy atom. The number of nitrogens with one attached hydrogen (secondary N) is 2. The molecule has 1 heterocycles. The van der Waals surface area contributed by atoms with Gasteiger partial charge in [-0.15, -0.1) is 0 Å². The second kappa shape index (κ2) is 6.63. The summed E-state index contributed by atoms with van der Waals surface area (Å²) in [6, 6.07) is 2.41. The summed E-state index contributed by atoms with van der Waals surface area (Å²) in [6.07, 6.45) is 4.55. The van der Waals surface area contributed by atoms with E-state index in [0.717, 1.165) is 27.5 Å². The van der Waals surface area contributed by atoms with E-state index in [2.05, 4.69) is 47.5 Å². The summed E-state index contributed by atoms with van der Waals surface area (Å²) in [6.45, 7) is 1.33. The molecule has 0 aliphatic heterocycles. The second-order valence-corrected chi connectivity index (χ2v) is 6.12. The topological polar surface area (TPSA) is 54.0 Å². The molecule has 1 amide bonds. The van der Waals surface area contributed by atoms with Crippen molar-refractivity contribution in [2.45, 2.75) is 31.8 Å². The lowest BCUT2D eigenvalue weighted by Crippen LogP contribution is -2.29. The van der Waals surface area contributed by atoms with E-state index >= 15 is 0 Å². The highest BCUT2D eigenvalue weighted by atomic mass is 79.9. The van der Waals surface area contributed by atoms with Crippen molar-refractivity contribution in [1.82, 2.24) is 15.6 Å². The number of hydrogen-bond donors (Lipinski definition) is 2. The van der Waals surface area contributed by atoms with Crippen molar-refractivity contribution in [2.24, 2.45) is 0 Å². The van der Waals surface area contributed by atoms with Crippen LogP contribution in [-0.2, 0) is 11.3 Å². The van der Waals surface area contributed by atoms with Gasteiger partial charge >= 0.3 is 0 Å². The molecule has 98 valence electrons. The van der Waals surface area contributed by atoms with Crippen molar-refractivity contribution >= 4 is 37.8 Å². The molecule has 2 rings (SSSR count). The molecular formula is C12H15Br2N3O. The van der Waals surface area contributed by atoms with Crippen LogP contribution >= 0.6 is 31.9 Å². The molecule has 1 aromatic rings. The Morgan fingerprint density at radius 1 is 1.44 bits per heavy atom. The maximum atomic E-state index is 11.4. The highest BCUT2D eigenvalue weighted by Crippen LogP contribution is 2.19. The van der Waals surface area contributed by atoms with Gasteiger partial charge in [-0.05, 0) is 50.8 Å². The Labute approximate surface area is 123 Å². The van der Waals surface area contributed by atoms with Crippen molar-refractivity contribution in [3.8, 4) is 0 Å². The molecular weight excluding hydrogens is 362 g/mol. The van der Waals surface area contributed by atoms with Gasteiger partial charge in [0.1, 0.15) is 0 Å². The number of amides is 1. The Bertz CT molecular complexity index is 435. The van der Waals surface area contributed by atoms with Crippen LogP contribution in [0.4, 0.5) is 0 Å². The van der Waals surface area contributed by atoms with E-state index < -0.39 is 0 Å². The lowest BCUT2D eigenvalue weighted by Gasteiger charge is -2.07. The lowest BCUT2D eigenvalue weighted by atomic mass is 10.3. The number of rotatable bonds is 6. The lowest BCUT2D eigenvalue weighted by molar-refractivity contribution is -0.121. The molecule has 0 spiro atoms. The van der Waals surface area contributed by atoms with Gasteiger partial charge in [-0.25, -0.2) is 0 Å². The first-order chi connectivity index (χ1) is 8.65. The molecule has 6 heteroatoms. The third kappa shape index (κ3) is 4.66. The summed E-state index contributed by atoms with van der Waals surface area (Å²) in [7, 11) is 0. The number of hydrogen-bond acceptors (Lipinski definition) is 3. The summed E-state index contributed by atoms with van der Waals surface area (Å²) in [4.78, 5) is 15.7. The molecule has 4 nitrogen and oxygen atoms in total. The molecule has 1 saturated carbocycles. The molecule has 0 aromatic carbocycles. The molecule has 1 aromatic heterocycles. The van der Waals surface area contributed by atoms with Gasteiger partial charge in [0.25, 0.3) is 0 Å². The summed E-state index contributed by atoms with van der Waals surface area (Å²) in [5, 5.41) is 6.18. The van der Waals surface area contributed by atoms with Crippen LogP contribution in [-0.4, -0.2) is 23.5 Å². The van der Waals surface area contributed by atoms with Crippen LogP contribution < -0.4 is 10.6 Å². The van der Waals surface area contributed by atoms with Gasteiger partial charge in [0.15, 0.2) is 0 Å². The van der Waals surface area contributed by atoms with Gasteiger partial charge < -0.3 is 10.6 Å². The van der Waals surface area contributed by atoms with Crippen LogP contribution in [0.25, 0.3) is 0 Å². The van der Waals surface area contributed by atoms with E-state index in [1.165, 1.54) is 0 Å². The summed E-state index contributed by atoms with van der Waals surface area (Å²) in [5.74, 6) is 0.132. The van der Waals surface area contributed by atoms with Gasteiger partial charge in [-0.1, -0.05) is 0 Å². The van der Waals surface area contributed by atoms with Crippen LogP contribution in [0.2, 0.25) is 0 Å². The number of nitrogens with zero attached hydrogens (tertiary/aromatic N) is 1. The van der Waals surface area contributed by atoms with Crippen LogP contribution in [0.1, 0.15) is 25.0 Å². The summed E-state index contributed by atoms with van der Waals surface area (Å²) in [5.41, 5.74) is 0.945. The first-order valence-corrected chi connectivity index (χ1v) is 7.54. The maximum absolute atomic E-state index is 11.4. The first-order valence-electron chi connectivity index (χ1n) is 5.95. The number of halogens is 2. The normalized spacial score (nSPS) is 14.6. The Hall–Kier alpha value is -0.460. The molecule has 1 fully saturated rings. The fourth-order valence-electron chi connectivity index (χ4n) is 1.51. The van der Waals surface area contributed by atoms with E-state index in [-0.39, 0.29) is 5.91 Å². The minimum atomic E-state index is 0.132. The molecule has 0 bridgehead atoms. The van der Waals surface area contributed by atoms with Crippen LogP contribution in [0.5, 0.6) is 0 Å². The molecule has 0 saturated heterocycles. The molecule has 1 aliphatic carbocycles. The van der Waals surface area contributed by atoms with E-state index in [1.54, 1.807) is 6.20 Å². The number of carbonyl (C=O) groups excluding carboxylic acids is 1. The van der Waals surface area contributed by atoms with E-state index in [4.69, 9.17) is 0 Å². The van der Waals surface area contributed by atoms with E-state index in [9.17, 15) is 4.79 Å². The van der Waals surface area contributed by atoms with Gasteiger partial charge in [0, 0.05) is 40.7 Å². The van der Waals surface area contributed by atoms with Crippen molar-refractivity contribution in [3.63, 3.8) is 0 Å². The van der Waals surface area contributed by atoms with Gasteiger partial charge in [-0.3, -0.25) is 9.78 Å². The maximum Gasteiger partial charge on any atom is 0.221 e. The second-order valence-electron chi connectivity index (χ2n) is 4.35. The Balaban J connectivity index is 1.66. The quantitative estimate of drug-likeness (QED) is 0.749. The van der Waals surface area contributed by atoms with Crippen LogP contribution in [0.15, 0.2) is 21.2 Å². The monoisotopic (exact) mass is 375 g/mol. The summed E-state index contributed by atoms with van der Waals surface area (Å²) < 4.78 is 1.91. The van der Waals surface area contributed by atoms with E-state index in [1.807, 2.05) is 6.07 Å². The average Bonchev–Trinajstić information content (AvgIpc) is 3.10. The highest BCUT2D eigenvalue weighted by Gasteiger charge is 2.22. The molecule has 2 N–H and O–H groups in total. The minimum Gasteiger partial charge on any atom is -0.353 e. The predicted octanol–water partition coefficient (Wildman–Crippen LogP) is 2.36. The third-order valence-electron chi connectivity index (χ3n) is 2.65. The zero-order valence-corrected chi connectivity index (χ0v) is 13.1. The molecule has 18 heavy (non-hydrogen) atoms. The summed E-state index contributed by atoms with van der Waals surface area (Å²) >= 11 is 6.82. The molecule has 0 unspecified atom stereocenters. The smallest absolute Gasteiger partial charge is 0.221 e. The number of pyridine rings is 1. The largest absolute Gasteiger partial charge is 0.353 e. The van der Waals surface area contributed by atoms with Gasteiger partial charge in [0.05, 0.1) is 5.69 Å². The van der Waals surface area contributed by atoms with Crippen LogP contribution in [0.3, 0.4) is 0 Å². The van der Waals surface area contributed by atoms with Crippen molar-refractivity contribution < 1.29 is 4.79 Å². The molecule has 0 atom stereocenters. The minimum absolute atomic E-state index is 0.132. The van der Waals surface area contributed by atoms with E-state index in [0.29, 0.717) is 25.6 Å². The Kier molecular flexibility index (Phi) is 5.14. The van der Waals surface area contributed by atoms with Crippen molar-refractivity contribution in [1.29, 1.82) is 0 Å². The number of aromatic nitrogens is 1. The van der Waals surface area contributed by atoms with Crippen LogP contribution in [0, 0.1) is 0 Å². The first kappa shape index (κ1) is 14.0. The molecule has 1 aliphatic rings. The van der Waals surface area contributed by atoms with Crippen molar-refractivity contribution in [2.75, 3.05) is 6.54 Å². The zero-order valence-electron chi connectivity index (χ0n) is 9.88.